The molecule has 0 unspecified atom stereocenters. The largest absolute Gasteiger partial charge is 0.370 e. The zero-order valence-corrected chi connectivity index (χ0v) is 10.0. The third-order valence-electron chi connectivity index (χ3n) is 2.13. The molecule has 0 atom stereocenters. The van der Waals surface area contributed by atoms with Crippen LogP contribution in [-0.2, 0) is 6.42 Å². The molecule has 17 heavy (non-hydrogen) atoms. The van der Waals surface area contributed by atoms with Crippen LogP contribution in [0, 0.1) is 5.82 Å². The van der Waals surface area contributed by atoms with E-state index in [0.29, 0.717) is 25.5 Å². The number of halogens is 1. The number of nitrogens with one attached hydrogen (secondary N) is 1. The van der Waals surface area contributed by atoms with E-state index in [0.717, 1.165) is 11.1 Å². The quantitative estimate of drug-likeness (QED) is 0.465. The molecule has 0 aliphatic carbocycles. The second kappa shape index (κ2) is 6.68. The Balaban J connectivity index is 2.32. The lowest BCUT2D eigenvalue weighted by molar-refractivity contribution is 0.625. The first kappa shape index (κ1) is 13.2. The van der Waals surface area contributed by atoms with Crippen LogP contribution in [0.2, 0.25) is 0 Å². The molecule has 1 aromatic carbocycles. The minimum Gasteiger partial charge on any atom is -0.370 e. The Morgan fingerprint density at radius 3 is 2.94 bits per heavy atom. The Morgan fingerprint density at radius 2 is 2.29 bits per heavy atom. The number of benzene rings is 1. The molecule has 0 heterocycles. The van der Waals surface area contributed by atoms with Gasteiger partial charge in [-0.2, -0.15) is 0 Å². The zero-order valence-electron chi connectivity index (χ0n) is 10.0. The Bertz CT molecular complexity index is 413. The standard InChI is InChI=1S/C13H18FN3/c1-10(2)9-17-13(15)16-7-6-11-4-3-5-12(14)8-11/h3-5,8H,1,6-7,9H2,2H3,(H3,15,16,17). The Kier molecular flexibility index (Phi) is 5.20. The van der Waals surface area contributed by atoms with Gasteiger partial charge in [-0.1, -0.05) is 24.3 Å². The van der Waals surface area contributed by atoms with Gasteiger partial charge in [-0.05, 0) is 31.0 Å². The maximum absolute atomic E-state index is 12.9. The van der Waals surface area contributed by atoms with Crippen LogP contribution in [0.5, 0.6) is 0 Å². The molecule has 4 heteroatoms. The second-order valence-electron chi connectivity index (χ2n) is 3.97. The molecule has 0 saturated heterocycles. The highest BCUT2D eigenvalue weighted by Crippen LogP contribution is 2.03. The molecule has 0 saturated carbocycles. The van der Waals surface area contributed by atoms with Gasteiger partial charge < -0.3 is 11.1 Å². The highest BCUT2D eigenvalue weighted by molar-refractivity contribution is 5.77. The molecule has 3 N–H and O–H groups in total. The minimum absolute atomic E-state index is 0.216. The highest BCUT2D eigenvalue weighted by Gasteiger charge is 1.96. The fraction of sp³-hybridized carbons (Fsp3) is 0.308. The van der Waals surface area contributed by atoms with Gasteiger partial charge in [-0.25, -0.2) is 9.38 Å². The molecule has 0 aliphatic rings. The molecule has 3 nitrogen and oxygen atoms in total. The van der Waals surface area contributed by atoms with Gasteiger partial charge in [0, 0.05) is 6.54 Å². The van der Waals surface area contributed by atoms with Crippen molar-refractivity contribution in [2.24, 2.45) is 10.7 Å². The summed E-state index contributed by atoms with van der Waals surface area (Å²) in [5.41, 5.74) is 7.53. The summed E-state index contributed by atoms with van der Waals surface area (Å²) in [5.74, 6) is 0.177. The smallest absolute Gasteiger partial charge is 0.188 e. The van der Waals surface area contributed by atoms with E-state index in [-0.39, 0.29) is 5.82 Å². The topological polar surface area (TPSA) is 50.4 Å². The lowest BCUT2D eigenvalue weighted by Gasteiger charge is -2.05. The molecule has 1 rings (SSSR count). The van der Waals surface area contributed by atoms with E-state index >= 15 is 0 Å². The predicted molar refractivity (Wildman–Crippen MR) is 69.4 cm³/mol. The molecule has 0 bridgehead atoms. The van der Waals surface area contributed by atoms with E-state index in [1.165, 1.54) is 12.1 Å². The van der Waals surface area contributed by atoms with Crippen LogP contribution in [0.15, 0.2) is 41.4 Å². The average molecular weight is 235 g/mol. The number of nitrogens with zero attached hydrogens (tertiary/aromatic N) is 1. The van der Waals surface area contributed by atoms with Crippen molar-refractivity contribution in [3.05, 3.63) is 47.8 Å². The van der Waals surface area contributed by atoms with Crippen LogP contribution in [0.25, 0.3) is 0 Å². The minimum atomic E-state index is -0.216. The van der Waals surface area contributed by atoms with E-state index in [1.54, 1.807) is 6.07 Å². The van der Waals surface area contributed by atoms with Crippen molar-refractivity contribution >= 4 is 5.96 Å². The van der Waals surface area contributed by atoms with Crippen molar-refractivity contribution in [3.63, 3.8) is 0 Å². The molecular formula is C13H18FN3. The second-order valence-corrected chi connectivity index (χ2v) is 3.97. The normalized spacial score (nSPS) is 11.3. The van der Waals surface area contributed by atoms with Crippen molar-refractivity contribution in [3.8, 4) is 0 Å². The van der Waals surface area contributed by atoms with Crippen molar-refractivity contribution in [1.82, 2.24) is 5.32 Å². The van der Waals surface area contributed by atoms with Crippen LogP contribution in [0.1, 0.15) is 12.5 Å². The summed E-state index contributed by atoms with van der Waals surface area (Å²) in [5, 5.41) is 2.97. The fourth-order valence-electron chi connectivity index (χ4n) is 1.30. The van der Waals surface area contributed by atoms with Gasteiger partial charge in [0.25, 0.3) is 0 Å². The molecule has 0 amide bonds. The number of hydrogen-bond acceptors (Lipinski definition) is 1. The lowest BCUT2D eigenvalue weighted by Crippen LogP contribution is -2.33. The zero-order chi connectivity index (χ0) is 12.7. The predicted octanol–water partition coefficient (Wildman–Crippen LogP) is 1.85. The fourth-order valence-corrected chi connectivity index (χ4v) is 1.30. The first-order valence-electron chi connectivity index (χ1n) is 5.50. The third-order valence-corrected chi connectivity index (χ3v) is 2.13. The van der Waals surface area contributed by atoms with E-state index in [9.17, 15) is 4.39 Å². The van der Waals surface area contributed by atoms with Gasteiger partial charge in [0.2, 0.25) is 0 Å². The first-order valence-corrected chi connectivity index (χ1v) is 5.50. The summed E-state index contributed by atoms with van der Waals surface area (Å²) in [6, 6.07) is 6.53. The molecular weight excluding hydrogens is 217 g/mol. The molecule has 1 aromatic rings. The number of hydrogen-bond donors (Lipinski definition) is 2. The van der Waals surface area contributed by atoms with E-state index < -0.39 is 0 Å². The molecule has 0 aromatic heterocycles. The molecule has 0 fully saturated rings. The summed E-state index contributed by atoms with van der Waals surface area (Å²) in [4.78, 5) is 4.08. The Hall–Kier alpha value is -1.84. The van der Waals surface area contributed by atoms with Gasteiger partial charge in [0.05, 0.1) is 6.54 Å². The Labute approximate surface area is 101 Å². The third kappa shape index (κ3) is 5.70. The van der Waals surface area contributed by atoms with Crippen LogP contribution in [0.4, 0.5) is 4.39 Å². The number of aliphatic imine (C=N–C) groups is 1. The van der Waals surface area contributed by atoms with Gasteiger partial charge in [-0.3, -0.25) is 0 Å². The van der Waals surface area contributed by atoms with Gasteiger partial charge in [0.15, 0.2) is 5.96 Å². The van der Waals surface area contributed by atoms with Crippen LogP contribution in [0.3, 0.4) is 0 Å². The molecule has 0 aliphatic heterocycles. The average Bonchev–Trinajstić information content (AvgIpc) is 2.26. The summed E-state index contributed by atoms with van der Waals surface area (Å²) in [6.07, 6.45) is 0.709. The van der Waals surface area contributed by atoms with E-state index in [1.807, 2.05) is 13.0 Å². The van der Waals surface area contributed by atoms with Crippen molar-refractivity contribution < 1.29 is 4.39 Å². The maximum Gasteiger partial charge on any atom is 0.188 e. The summed E-state index contributed by atoms with van der Waals surface area (Å²) < 4.78 is 12.9. The Morgan fingerprint density at radius 1 is 1.53 bits per heavy atom. The van der Waals surface area contributed by atoms with Crippen LogP contribution in [-0.4, -0.2) is 19.0 Å². The van der Waals surface area contributed by atoms with Crippen LogP contribution < -0.4 is 11.1 Å². The molecule has 0 spiro atoms. The van der Waals surface area contributed by atoms with Crippen molar-refractivity contribution in [2.75, 3.05) is 13.1 Å². The number of guanidine groups is 1. The summed E-state index contributed by atoms with van der Waals surface area (Å²) >= 11 is 0. The maximum atomic E-state index is 12.9. The van der Waals surface area contributed by atoms with Crippen molar-refractivity contribution in [2.45, 2.75) is 13.3 Å². The van der Waals surface area contributed by atoms with Gasteiger partial charge in [0.1, 0.15) is 5.82 Å². The highest BCUT2D eigenvalue weighted by atomic mass is 19.1. The number of nitrogens with two attached hydrogens (primary N) is 1. The molecule has 0 radical (unpaired) electrons. The summed E-state index contributed by atoms with van der Waals surface area (Å²) in [7, 11) is 0. The van der Waals surface area contributed by atoms with E-state index in [4.69, 9.17) is 5.73 Å². The van der Waals surface area contributed by atoms with Gasteiger partial charge >= 0.3 is 0 Å². The van der Waals surface area contributed by atoms with E-state index in [2.05, 4.69) is 16.9 Å². The van der Waals surface area contributed by atoms with Crippen molar-refractivity contribution in [1.29, 1.82) is 0 Å². The molecule has 92 valence electrons. The monoisotopic (exact) mass is 235 g/mol. The lowest BCUT2D eigenvalue weighted by atomic mass is 10.1. The first-order chi connectivity index (χ1) is 8.08. The SMILES string of the molecule is C=C(C)CN=C(N)NCCc1cccc(F)c1. The number of rotatable bonds is 5. The van der Waals surface area contributed by atoms with Gasteiger partial charge in [-0.15, -0.1) is 0 Å². The summed E-state index contributed by atoms with van der Waals surface area (Å²) in [6.45, 7) is 6.79. The van der Waals surface area contributed by atoms with Crippen LogP contribution >= 0.6 is 0 Å².